The first-order valence-corrected chi connectivity index (χ1v) is 7.25. The molecule has 1 unspecified atom stereocenters. The van der Waals surface area contributed by atoms with Crippen molar-refractivity contribution in [1.29, 1.82) is 0 Å². The molecule has 100 valence electrons. The van der Waals surface area contributed by atoms with E-state index in [0.717, 1.165) is 31.2 Å². The molecular formula is C16H25NO. The SMILES string of the molecule is CCCOc1ccc(C(C)NCCC2CC2)cc1. The van der Waals surface area contributed by atoms with Gasteiger partial charge in [0.25, 0.3) is 0 Å². The van der Waals surface area contributed by atoms with Crippen LogP contribution in [0.25, 0.3) is 0 Å². The number of hydrogen-bond donors (Lipinski definition) is 1. The minimum atomic E-state index is 0.434. The van der Waals surface area contributed by atoms with Crippen molar-refractivity contribution in [3.63, 3.8) is 0 Å². The Morgan fingerprint density at radius 1 is 1.28 bits per heavy atom. The maximum absolute atomic E-state index is 5.59. The highest BCUT2D eigenvalue weighted by molar-refractivity contribution is 5.28. The molecule has 0 bridgehead atoms. The third kappa shape index (κ3) is 4.34. The van der Waals surface area contributed by atoms with E-state index in [1.54, 1.807) is 0 Å². The molecule has 0 radical (unpaired) electrons. The van der Waals surface area contributed by atoms with Crippen LogP contribution in [0.3, 0.4) is 0 Å². The summed E-state index contributed by atoms with van der Waals surface area (Å²) >= 11 is 0. The summed E-state index contributed by atoms with van der Waals surface area (Å²) in [6.07, 6.45) is 5.28. The van der Waals surface area contributed by atoms with Gasteiger partial charge in [-0.3, -0.25) is 0 Å². The predicted octanol–water partition coefficient (Wildman–Crippen LogP) is 3.93. The fraction of sp³-hybridized carbons (Fsp3) is 0.625. The zero-order chi connectivity index (χ0) is 12.8. The molecule has 0 aliphatic heterocycles. The fourth-order valence-electron chi connectivity index (χ4n) is 2.10. The van der Waals surface area contributed by atoms with E-state index in [1.807, 2.05) is 0 Å². The maximum Gasteiger partial charge on any atom is 0.119 e. The molecule has 0 heterocycles. The molecule has 1 aromatic rings. The number of hydrogen-bond acceptors (Lipinski definition) is 2. The van der Waals surface area contributed by atoms with E-state index in [1.165, 1.54) is 24.8 Å². The number of ether oxygens (including phenoxy) is 1. The number of nitrogens with one attached hydrogen (secondary N) is 1. The average Bonchev–Trinajstić information content (AvgIpc) is 3.21. The van der Waals surface area contributed by atoms with Crippen LogP contribution in [-0.4, -0.2) is 13.2 Å². The van der Waals surface area contributed by atoms with Crippen molar-refractivity contribution in [2.45, 2.75) is 45.6 Å². The van der Waals surface area contributed by atoms with Gasteiger partial charge < -0.3 is 10.1 Å². The standard InChI is InChI=1S/C16H25NO/c1-3-12-18-16-8-6-15(7-9-16)13(2)17-11-10-14-4-5-14/h6-9,13-14,17H,3-5,10-12H2,1-2H3. The Kier molecular flexibility index (Phi) is 5.06. The molecule has 1 aliphatic rings. The summed E-state index contributed by atoms with van der Waals surface area (Å²) in [5.41, 5.74) is 1.34. The summed E-state index contributed by atoms with van der Waals surface area (Å²) in [6, 6.07) is 8.91. The first-order valence-electron chi connectivity index (χ1n) is 7.25. The summed E-state index contributed by atoms with van der Waals surface area (Å²) in [4.78, 5) is 0. The monoisotopic (exact) mass is 247 g/mol. The van der Waals surface area contributed by atoms with Crippen LogP contribution >= 0.6 is 0 Å². The van der Waals surface area contributed by atoms with Gasteiger partial charge in [-0.25, -0.2) is 0 Å². The van der Waals surface area contributed by atoms with E-state index < -0.39 is 0 Å². The number of rotatable bonds is 8. The second kappa shape index (κ2) is 6.79. The highest BCUT2D eigenvalue weighted by Gasteiger charge is 2.20. The lowest BCUT2D eigenvalue weighted by atomic mass is 10.1. The lowest BCUT2D eigenvalue weighted by Gasteiger charge is -2.14. The highest BCUT2D eigenvalue weighted by atomic mass is 16.5. The summed E-state index contributed by atoms with van der Waals surface area (Å²) in [5, 5.41) is 3.59. The highest BCUT2D eigenvalue weighted by Crippen LogP contribution is 2.32. The summed E-state index contributed by atoms with van der Waals surface area (Å²) in [7, 11) is 0. The van der Waals surface area contributed by atoms with Crippen LogP contribution in [0.1, 0.15) is 51.1 Å². The second-order valence-electron chi connectivity index (χ2n) is 5.33. The van der Waals surface area contributed by atoms with Gasteiger partial charge in [-0.2, -0.15) is 0 Å². The zero-order valence-corrected chi connectivity index (χ0v) is 11.6. The van der Waals surface area contributed by atoms with E-state index >= 15 is 0 Å². The van der Waals surface area contributed by atoms with Crippen LogP contribution in [0.4, 0.5) is 0 Å². The Morgan fingerprint density at radius 2 is 2.00 bits per heavy atom. The van der Waals surface area contributed by atoms with Crippen molar-refractivity contribution in [1.82, 2.24) is 5.32 Å². The van der Waals surface area contributed by atoms with E-state index in [4.69, 9.17) is 4.74 Å². The number of benzene rings is 1. The molecule has 0 aromatic heterocycles. The topological polar surface area (TPSA) is 21.3 Å². The van der Waals surface area contributed by atoms with Gasteiger partial charge in [0.15, 0.2) is 0 Å². The smallest absolute Gasteiger partial charge is 0.119 e. The minimum Gasteiger partial charge on any atom is -0.494 e. The van der Waals surface area contributed by atoms with Gasteiger partial charge in [0.2, 0.25) is 0 Å². The average molecular weight is 247 g/mol. The third-order valence-corrected chi connectivity index (χ3v) is 3.55. The van der Waals surface area contributed by atoms with Gasteiger partial charge in [-0.1, -0.05) is 31.9 Å². The molecule has 1 N–H and O–H groups in total. The fourth-order valence-corrected chi connectivity index (χ4v) is 2.10. The van der Waals surface area contributed by atoms with E-state index in [-0.39, 0.29) is 0 Å². The van der Waals surface area contributed by atoms with Crippen molar-refractivity contribution in [3.8, 4) is 5.75 Å². The lowest BCUT2D eigenvalue weighted by Crippen LogP contribution is -2.20. The molecule has 2 heteroatoms. The van der Waals surface area contributed by atoms with Gasteiger partial charge >= 0.3 is 0 Å². The normalized spacial score (nSPS) is 16.6. The maximum atomic E-state index is 5.59. The largest absolute Gasteiger partial charge is 0.494 e. The van der Waals surface area contributed by atoms with Crippen LogP contribution in [0, 0.1) is 5.92 Å². The Bertz CT molecular complexity index is 343. The van der Waals surface area contributed by atoms with Gasteiger partial charge in [0.1, 0.15) is 5.75 Å². The van der Waals surface area contributed by atoms with E-state index in [0.29, 0.717) is 6.04 Å². The summed E-state index contributed by atoms with van der Waals surface area (Å²) in [5.74, 6) is 1.99. The molecular weight excluding hydrogens is 222 g/mol. The van der Waals surface area contributed by atoms with Crippen molar-refractivity contribution in [2.75, 3.05) is 13.2 Å². The van der Waals surface area contributed by atoms with Gasteiger partial charge in [-0.15, -0.1) is 0 Å². The van der Waals surface area contributed by atoms with Gasteiger partial charge in [-0.05, 0) is 49.9 Å². The molecule has 0 saturated heterocycles. The van der Waals surface area contributed by atoms with Crippen LogP contribution in [-0.2, 0) is 0 Å². The van der Waals surface area contributed by atoms with Crippen molar-refractivity contribution in [3.05, 3.63) is 29.8 Å². The molecule has 0 amide bonds. The molecule has 1 saturated carbocycles. The lowest BCUT2D eigenvalue weighted by molar-refractivity contribution is 0.317. The van der Waals surface area contributed by atoms with Gasteiger partial charge in [0, 0.05) is 6.04 Å². The Balaban J connectivity index is 1.75. The minimum absolute atomic E-state index is 0.434. The Labute approximate surface area is 111 Å². The first-order chi connectivity index (χ1) is 8.79. The third-order valence-electron chi connectivity index (χ3n) is 3.55. The molecule has 1 aromatic carbocycles. The van der Waals surface area contributed by atoms with E-state index in [9.17, 15) is 0 Å². The van der Waals surface area contributed by atoms with Crippen LogP contribution in [0.2, 0.25) is 0 Å². The quantitative estimate of drug-likeness (QED) is 0.751. The molecule has 1 atom stereocenters. The zero-order valence-electron chi connectivity index (χ0n) is 11.6. The van der Waals surface area contributed by atoms with Crippen LogP contribution < -0.4 is 10.1 Å². The van der Waals surface area contributed by atoms with E-state index in [2.05, 4.69) is 43.4 Å². The molecule has 18 heavy (non-hydrogen) atoms. The van der Waals surface area contributed by atoms with Crippen LogP contribution in [0.5, 0.6) is 5.75 Å². The molecule has 1 fully saturated rings. The van der Waals surface area contributed by atoms with Crippen molar-refractivity contribution < 1.29 is 4.74 Å². The Hall–Kier alpha value is -1.02. The predicted molar refractivity (Wildman–Crippen MR) is 76.0 cm³/mol. The second-order valence-corrected chi connectivity index (χ2v) is 5.33. The summed E-state index contributed by atoms with van der Waals surface area (Å²) < 4.78 is 5.59. The molecule has 2 rings (SSSR count). The summed E-state index contributed by atoms with van der Waals surface area (Å²) in [6.45, 7) is 6.30. The molecule has 2 nitrogen and oxygen atoms in total. The molecule has 0 spiro atoms. The van der Waals surface area contributed by atoms with Crippen LogP contribution in [0.15, 0.2) is 24.3 Å². The molecule has 1 aliphatic carbocycles. The first kappa shape index (κ1) is 13.4. The van der Waals surface area contributed by atoms with Crippen molar-refractivity contribution >= 4 is 0 Å². The van der Waals surface area contributed by atoms with Crippen molar-refractivity contribution in [2.24, 2.45) is 5.92 Å². The van der Waals surface area contributed by atoms with Gasteiger partial charge in [0.05, 0.1) is 6.61 Å². The Morgan fingerprint density at radius 3 is 2.61 bits per heavy atom.